The largest absolute Gasteiger partial charge is 0.320 e. The molecule has 1 aromatic rings. The van der Waals surface area contributed by atoms with E-state index in [0.29, 0.717) is 6.42 Å². The van der Waals surface area contributed by atoms with Crippen molar-refractivity contribution in [1.82, 2.24) is 10.2 Å². The zero-order valence-electron chi connectivity index (χ0n) is 11.2. The number of nitrogens with one attached hydrogen (secondary N) is 1. The highest BCUT2D eigenvalue weighted by molar-refractivity contribution is 5.14. The van der Waals surface area contributed by atoms with E-state index in [1.165, 1.54) is 5.56 Å². The average Bonchev–Trinajstić information content (AvgIpc) is 2.40. The van der Waals surface area contributed by atoms with E-state index >= 15 is 0 Å². The third-order valence-electron chi connectivity index (χ3n) is 2.91. The molecule has 0 amide bonds. The van der Waals surface area contributed by atoms with Crippen LogP contribution in [0.1, 0.15) is 24.8 Å². The molecule has 0 unspecified atom stereocenters. The van der Waals surface area contributed by atoms with Gasteiger partial charge in [-0.15, -0.1) is 0 Å². The zero-order chi connectivity index (χ0) is 13.1. The van der Waals surface area contributed by atoms with Gasteiger partial charge in [-0.05, 0) is 45.1 Å². The Hall–Kier alpha value is -1.37. The highest BCUT2D eigenvalue weighted by Gasteiger charge is 2.05. The van der Waals surface area contributed by atoms with Crippen molar-refractivity contribution in [3.63, 3.8) is 0 Å². The summed E-state index contributed by atoms with van der Waals surface area (Å²) in [5, 5.41) is 11.8. The second-order valence-electron chi connectivity index (χ2n) is 4.48. The third kappa shape index (κ3) is 6.39. The molecule has 0 aliphatic rings. The van der Waals surface area contributed by atoms with Gasteiger partial charge < -0.3 is 5.32 Å². The van der Waals surface area contributed by atoms with E-state index in [-0.39, 0.29) is 0 Å². The summed E-state index contributed by atoms with van der Waals surface area (Å²) < 4.78 is 0. The van der Waals surface area contributed by atoms with E-state index in [2.05, 4.69) is 40.6 Å². The Labute approximate surface area is 110 Å². The molecule has 3 heteroatoms. The molecule has 0 spiro atoms. The molecule has 0 atom stereocenters. The van der Waals surface area contributed by atoms with Crippen LogP contribution in [-0.4, -0.2) is 31.6 Å². The minimum atomic E-state index is 0.650. The number of unbranched alkanes of at least 4 members (excludes halogenated alkanes) is 1. The first-order chi connectivity index (χ1) is 8.86. The van der Waals surface area contributed by atoms with Crippen molar-refractivity contribution < 1.29 is 0 Å². The third-order valence-corrected chi connectivity index (χ3v) is 2.91. The van der Waals surface area contributed by atoms with Gasteiger partial charge in [-0.2, -0.15) is 5.26 Å². The Kier molecular flexibility index (Phi) is 7.87. The van der Waals surface area contributed by atoms with Crippen LogP contribution in [0.5, 0.6) is 0 Å². The molecule has 0 radical (unpaired) electrons. The molecular weight excluding hydrogens is 222 g/mol. The number of nitriles is 1. The molecule has 0 fully saturated rings. The number of rotatable bonds is 9. The number of nitrogens with zero attached hydrogens (tertiary/aromatic N) is 2. The Balaban J connectivity index is 2.40. The van der Waals surface area contributed by atoms with Crippen LogP contribution in [0, 0.1) is 11.3 Å². The molecule has 0 aromatic heterocycles. The molecule has 3 nitrogen and oxygen atoms in total. The number of hydrogen-bond donors (Lipinski definition) is 1. The van der Waals surface area contributed by atoms with Gasteiger partial charge in [0, 0.05) is 13.0 Å². The van der Waals surface area contributed by atoms with Gasteiger partial charge >= 0.3 is 0 Å². The maximum absolute atomic E-state index is 8.60. The lowest BCUT2D eigenvalue weighted by molar-refractivity contribution is 0.259. The zero-order valence-corrected chi connectivity index (χ0v) is 11.2. The van der Waals surface area contributed by atoms with Gasteiger partial charge in [-0.25, -0.2) is 0 Å². The molecule has 98 valence electrons. The van der Waals surface area contributed by atoms with E-state index in [0.717, 1.165) is 39.0 Å². The Morgan fingerprint density at radius 1 is 1.17 bits per heavy atom. The lowest BCUT2D eigenvalue weighted by Crippen LogP contribution is -2.27. The van der Waals surface area contributed by atoms with Gasteiger partial charge in [0.2, 0.25) is 0 Å². The van der Waals surface area contributed by atoms with Crippen molar-refractivity contribution >= 4 is 0 Å². The quantitative estimate of drug-likeness (QED) is 0.679. The summed E-state index contributed by atoms with van der Waals surface area (Å²) in [5.74, 6) is 0. The highest BCUT2D eigenvalue weighted by Crippen LogP contribution is 2.06. The van der Waals surface area contributed by atoms with Crippen molar-refractivity contribution in [2.45, 2.75) is 25.8 Å². The van der Waals surface area contributed by atoms with Crippen LogP contribution in [0.3, 0.4) is 0 Å². The first-order valence-electron chi connectivity index (χ1n) is 6.64. The molecule has 0 aliphatic carbocycles. The normalized spacial score (nSPS) is 10.5. The van der Waals surface area contributed by atoms with Gasteiger partial charge in [-0.1, -0.05) is 30.3 Å². The Morgan fingerprint density at radius 3 is 2.56 bits per heavy atom. The lowest BCUT2D eigenvalue weighted by atomic mass is 10.2. The van der Waals surface area contributed by atoms with Crippen LogP contribution in [0.4, 0.5) is 0 Å². The predicted octanol–water partition coefficient (Wildman–Crippen LogP) is 2.40. The van der Waals surface area contributed by atoms with E-state index < -0.39 is 0 Å². The van der Waals surface area contributed by atoms with E-state index in [9.17, 15) is 0 Å². The van der Waals surface area contributed by atoms with Gasteiger partial charge in [0.15, 0.2) is 0 Å². The fourth-order valence-corrected chi connectivity index (χ4v) is 1.97. The molecule has 0 heterocycles. The summed E-state index contributed by atoms with van der Waals surface area (Å²) in [7, 11) is 1.98. The van der Waals surface area contributed by atoms with Crippen molar-refractivity contribution in [2.75, 3.05) is 26.7 Å². The molecule has 0 aliphatic heterocycles. The smallest absolute Gasteiger partial charge is 0.0622 e. The lowest BCUT2D eigenvalue weighted by Gasteiger charge is -2.22. The molecule has 0 saturated heterocycles. The van der Waals surface area contributed by atoms with Crippen LogP contribution in [0.15, 0.2) is 30.3 Å². The van der Waals surface area contributed by atoms with Gasteiger partial charge in [-0.3, -0.25) is 4.90 Å². The van der Waals surface area contributed by atoms with Crippen molar-refractivity contribution in [3.05, 3.63) is 35.9 Å². The first kappa shape index (κ1) is 14.7. The van der Waals surface area contributed by atoms with E-state index in [1.54, 1.807) is 0 Å². The standard InChI is InChI=1S/C15H23N3/c1-17-11-7-13-18(12-6-5-10-16)14-15-8-3-2-4-9-15/h2-4,8-9,17H,5-7,11-14H2,1H3. The highest BCUT2D eigenvalue weighted by atomic mass is 15.1. The molecule has 0 saturated carbocycles. The van der Waals surface area contributed by atoms with Gasteiger partial charge in [0.1, 0.15) is 0 Å². The average molecular weight is 245 g/mol. The molecule has 0 bridgehead atoms. The van der Waals surface area contributed by atoms with E-state index in [4.69, 9.17) is 5.26 Å². The van der Waals surface area contributed by atoms with Crippen LogP contribution in [-0.2, 0) is 6.54 Å². The maximum atomic E-state index is 8.60. The SMILES string of the molecule is CNCCCN(CCCC#N)Cc1ccccc1. The van der Waals surface area contributed by atoms with Crippen molar-refractivity contribution in [1.29, 1.82) is 5.26 Å². The summed E-state index contributed by atoms with van der Waals surface area (Å²) in [6, 6.07) is 12.7. The second kappa shape index (κ2) is 9.64. The minimum Gasteiger partial charge on any atom is -0.320 e. The minimum absolute atomic E-state index is 0.650. The molecular formula is C15H23N3. The van der Waals surface area contributed by atoms with Gasteiger partial charge in [0.05, 0.1) is 6.07 Å². The van der Waals surface area contributed by atoms with E-state index in [1.807, 2.05) is 13.1 Å². The Morgan fingerprint density at radius 2 is 1.89 bits per heavy atom. The topological polar surface area (TPSA) is 39.1 Å². The summed E-state index contributed by atoms with van der Waals surface area (Å²) >= 11 is 0. The summed E-state index contributed by atoms with van der Waals surface area (Å²) in [6.45, 7) is 4.12. The van der Waals surface area contributed by atoms with Crippen LogP contribution < -0.4 is 5.32 Å². The summed E-state index contributed by atoms with van der Waals surface area (Å²) in [6.07, 6.45) is 2.76. The van der Waals surface area contributed by atoms with Crippen molar-refractivity contribution in [3.8, 4) is 6.07 Å². The fourth-order valence-electron chi connectivity index (χ4n) is 1.97. The summed E-state index contributed by atoms with van der Waals surface area (Å²) in [4.78, 5) is 2.43. The first-order valence-corrected chi connectivity index (χ1v) is 6.64. The molecule has 1 aromatic carbocycles. The monoisotopic (exact) mass is 245 g/mol. The number of benzene rings is 1. The second-order valence-corrected chi connectivity index (χ2v) is 4.48. The summed E-state index contributed by atoms with van der Waals surface area (Å²) in [5.41, 5.74) is 1.35. The molecule has 1 N–H and O–H groups in total. The molecule has 18 heavy (non-hydrogen) atoms. The van der Waals surface area contributed by atoms with Gasteiger partial charge in [0.25, 0.3) is 0 Å². The van der Waals surface area contributed by atoms with Crippen molar-refractivity contribution in [2.24, 2.45) is 0 Å². The van der Waals surface area contributed by atoms with Crippen LogP contribution >= 0.6 is 0 Å². The van der Waals surface area contributed by atoms with Crippen LogP contribution in [0.25, 0.3) is 0 Å². The maximum Gasteiger partial charge on any atom is 0.0622 e. The molecule has 1 rings (SSSR count). The number of hydrogen-bond acceptors (Lipinski definition) is 3. The predicted molar refractivity (Wildman–Crippen MR) is 75.1 cm³/mol. The Bertz CT molecular complexity index is 343. The van der Waals surface area contributed by atoms with Crippen LogP contribution in [0.2, 0.25) is 0 Å². The fraction of sp³-hybridized carbons (Fsp3) is 0.533.